The summed E-state index contributed by atoms with van der Waals surface area (Å²) in [5, 5.41) is 2.50. The van der Waals surface area contributed by atoms with Crippen LogP contribution in [-0.2, 0) is 4.57 Å². The maximum atomic E-state index is 14.1. The molecule has 3 heteroatoms. The Morgan fingerprint density at radius 1 is 0.708 bits per heavy atom. The highest BCUT2D eigenvalue weighted by Crippen LogP contribution is 2.42. The minimum atomic E-state index is -2.88. The minimum absolute atomic E-state index is 0. The van der Waals surface area contributed by atoms with Crippen LogP contribution in [0.4, 0.5) is 0 Å². The van der Waals surface area contributed by atoms with Crippen molar-refractivity contribution >= 4 is 23.1 Å². The average Bonchev–Trinajstić information content (AvgIpc) is 2.62. The Hall–Kier alpha value is -2.31. The lowest BCUT2D eigenvalue weighted by molar-refractivity contribution is 0.415. The van der Waals surface area contributed by atoms with E-state index in [0.29, 0.717) is 0 Å². The van der Waals surface area contributed by atoms with Crippen molar-refractivity contribution in [1.82, 2.24) is 0 Å². The third-order valence-electron chi connectivity index (χ3n) is 3.95. The summed E-state index contributed by atoms with van der Waals surface area (Å²) < 4.78 is 19.3. The van der Waals surface area contributed by atoms with Crippen LogP contribution in [-0.4, -0.2) is 7.11 Å². The third-order valence-corrected chi connectivity index (χ3v) is 7.03. The van der Waals surface area contributed by atoms with Crippen LogP contribution in [0.25, 0.3) is 0 Å². The van der Waals surface area contributed by atoms with Crippen molar-refractivity contribution in [2.45, 2.75) is 14.4 Å². The summed E-state index contributed by atoms with van der Waals surface area (Å²) >= 11 is 0. The molecule has 2 nitrogen and oxygen atoms in total. The fourth-order valence-electron chi connectivity index (χ4n) is 2.63. The number of rotatable bonds is 4. The summed E-state index contributed by atoms with van der Waals surface area (Å²) in [6, 6.07) is 25.1. The van der Waals surface area contributed by atoms with Crippen molar-refractivity contribution in [2.75, 3.05) is 7.11 Å². The Morgan fingerprint density at radius 3 is 1.67 bits per heavy atom. The first-order valence-corrected chi connectivity index (χ1v) is 9.23. The lowest BCUT2D eigenvalue weighted by Gasteiger charge is -2.20. The summed E-state index contributed by atoms with van der Waals surface area (Å²) in [6.45, 7) is 2.03. The SMILES string of the molecule is C.COc1ccc(P(=O)(c2ccccc2)c2ccc(C)cc2)cc1. The molecule has 3 aromatic carbocycles. The zero-order valence-electron chi connectivity index (χ0n) is 13.3. The molecule has 0 bridgehead atoms. The molecule has 3 aromatic rings. The van der Waals surface area contributed by atoms with Gasteiger partial charge in [-0.05, 0) is 31.2 Å². The lowest BCUT2D eigenvalue weighted by atomic mass is 10.2. The predicted molar refractivity (Wildman–Crippen MR) is 104 cm³/mol. The standard InChI is InChI=1S/C20H19O2P.CH4/c1-16-8-12-19(13-9-16)23(21,18-6-4-3-5-7-18)20-14-10-17(22-2)11-15-20;/h3-15H,1-2H3;1H4. The van der Waals surface area contributed by atoms with Crippen LogP contribution in [0.15, 0.2) is 78.9 Å². The first-order chi connectivity index (χ1) is 11.1. The smallest absolute Gasteiger partial charge is 0.171 e. The molecule has 0 aromatic heterocycles. The van der Waals surface area contributed by atoms with Crippen molar-refractivity contribution in [2.24, 2.45) is 0 Å². The van der Waals surface area contributed by atoms with Gasteiger partial charge in [0.25, 0.3) is 0 Å². The lowest BCUT2D eigenvalue weighted by Crippen LogP contribution is -2.24. The second-order valence-corrected chi connectivity index (χ2v) is 8.25. The van der Waals surface area contributed by atoms with E-state index >= 15 is 0 Å². The van der Waals surface area contributed by atoms with Gasteiger partial charge >= 0.3 is 0 Å². The van der Waals surface area contributed by atoms with Gasteiger partial charge in [0.15, 0.2) is 7.14 Å². The van der Waals surface area contributed by atoms with E-state index in [-0.39, 0.29) is 7.43 Å². The molecule has 1 unspecified atom stereocenters. The molecular formula is C21H23O2P. The summed E-state index contributed by atoms with van der Waals surface area (Å²) in [5.41, 5.74) is 1.16. The largest absolute Gasteiger partial charge is 0.497 e. The molecule has 0 amide bonds. The topological polar surface area (TPSA) is 26.3 Å². The van der Waals surface area contributed by atoms with E-state index in [4.69, 9.17) is 4.74 Å². The van der Waals surface area contributed by atoms with Crippen molar-refractivity contribution < 1.29 is 9.30 Å². The second-order valence-electron chi connectivity index (χ2n) is 5.48. The van der Waals surface area contributed by atoms with Crippen molar-refractivity contribution in [3.05, 3.63) is 84.4 Å². The van der Waals surface area contributed by atoms with Crippen LogP contribution in [0.5, 0.6) is 5.75 Å². The number of methoxy groups -OCH3 is 1. The van der Waals surface area contributed by atoms with E-state index in [1.165, 1.54) is 0 Å². The average molecular weight is 338 g/mol. The van der Waals surface area contributed by atoms with Gasteiger partial charge in [0, 0.05) is 15.9 Å². The van der Waals surface area contributed by atoms with E-state index < -0.39 is 7.14 Å². The maximum Gasteiger partial charge on any atom is 0.171 e. The molecule has 0 aliphatic carbocycles. The molecule has 0 fully saturated rings. The summed E-state index contributed by atoms with van der Waals surface area (Å²) in [6.07, 6.45) is 0. The summed E-state index contributed by atoms with van der Waals surface area (Å²) in [5.74, 6) is 0.761. The van der Waals surface area contributed by atoms with Crippen LogP contribution in [0.1, 0.15) is 13.0 Å². The summed E-state index contributed by atoms with van der Waals surface area (Å²) in [4.78, 5) is 0. The van der Waals surface area contributed by atoms with Crippen LogP contribution < -0.4 is 20.7 Å². The molecule has 0 aliphatic heterocycles. The predicted octanol–water partition coefficient (Wildman–Crippen LogP) is 4.28. The van der Waals surface area contributed by atoms with E-state index in [1.807, 2.05) is 85.8 Å². The highest BCUT2D eigenvalue weighted by molar-refractivity contribution is 7.85. The highest BCUT2D eigenvalue weighted by Gasteiger charge is 2.29. The molecule has 0 heterocycles. The Labute approximate surface area is 144 Å². The zero-order chi connectivity index (χ0) is 16.3. The van der Waals surface area contributed by atoms with Crippen LogP contribution >= 0.6 is 7.14 Å². The number of hydrogen-bond donors (Lipinski definition) is 0. The molecule has 3 rings (SSSR count). The van der Waals surface area contributed by atoms with Gasteiger partial charge in [-0.2, -0.15) is 0 Å². The summed E-state index contributed by atoms with van der Waals surface area (Å²) in [7, 11) is -1.25. The van der Waals surface area contributed by atoms with Gasteiger partial charge in [-0.1, -0.05) is 67.6 Å². The van der Waals surface area contributed by atoms with E-state index in [9.17, 15) is 4.57 Å². The number of ether oxygens (including phenoxy) is 1. The molecule has 0 aliphatic rings. The molecule has 0 saturated heterocycles. The van der Waals surface area contributed by atoms with Crippen molar-refractivity contribution in [1.29, 1.82) is 0 Å². The van der Waals surface area contributed by atoms with Gasteiger partial charge < -0.3 is 9.30 Å². The molecule has 124 valence electrons. The van der Waals surface area contributed by atoms with Gasteiger partial charge in [-0.25, -0.2) is 0 Å². The second kappa shape index (κ2) is 7.51. The molecular weight excluding hydrogens is 315 g/mol. The molecule has 0 saturated carbocycles. The normalized spacial score (nSPS) is 12.8. The van der Waals surface area contributed by atoms with Crippen molar-refractivity contribution in [3.8, 4) is 5.75 Å². The van der Waals surface area contributed by atoms with Gasteiger partial charge in [0.05, 0.1) is 7.11 Å². The number of aryl methyl sites for hydroxylation is 1. The van der Waals surface area contributed by atoms with Gasteiger partial charge in [-0.15, -0.1) is 0 Å². The molecule has 0 N–H and O–H groups in total. The first-order valence-electron chi connectivity index (χ1n) is 7.52. The van der Waals surface area contributed by atoms with E-state index in [1.54, 1.807) is 7.11 Å². The Balaban J connectivity index is 0.00000208. The van der Waals surface area contributed by atoms with Gasteiger partial charge in [-0.3, -0.25) is 0 Å². The number of benzene rings is 3. The molecule has 1 atom stereocenters. The van der Waals surface area contributed by atoms with Gasteiger partial charge in [0.2, 0.25) is 0 Å². The van der Waals surface area contributed by atoms with Crippen LogP contribution in [0.3, 0.4) is 0 Å². The Kier molecular flexibility index (Phi) is 5.64. The first kappa shape index (κ1) is 18.0. The minimum Gasteiger partial charge on any atom is -0.497 e. The Morgan fingerprint density at radius 2 is 1.17 bits per heavy atom. The van der Waals surface area contributed by atoms with Crippen LogP contribution in [0.2, 0.25) is 0 Å². The third kappa shape index (κ3) is 3.29. The van der Waals surface area contributed by atoms with E-state index in [2.05, 4.69) is 0 Å². The van der Waals surface area contributed by atoms with Gasteiger partial charge in [0.1, 0.15) is 5.75 Å². The number of hydrogen-bond acceptors (Lipinski definition) is 2. The quantitative estimate of drug-likeness (QED) is 0.664. The molecule has 0 radical (unpaired) electrons. The maximum absolute atomic E-state index is 14.1. The fourth-order valence-corrected chi connectivity index (χ4v) is 5.26. The Bertz CT molecular complexity index is 822. The van der Waals surface area contributed by atoms with E-state index in [0.717, 1.165) is 27.2 Å². The van der Waals surface area contributed by atoms with Crippen molar-refractivity contribution in [3.63, 3.8) is 0 Å². The van der Waals surface area contributed by atoms with Crippen LogP contribution in [0, 0.1) is 6.92 Å². The monoisotopic (exact) mass is 338 g/mol. The molecule has 0 spiro atoms. The fraction of sp³-hybridized carbons (Fsp3) is 0.143. The highest BCUT2D eigenvalue weighted by atomic mass is 31.2. The zero-order valence-corrected chi connectivity index (χ0v) is 14.2. The molecule has 24 heavy (non-hydrogen) atoms.